The summed E-state index contributed by atoms with van der Waals surface area (Å²) in [5.41, 5.74) is 3.96. The van der Waals surface area contributed by atoms with Crippen molar-refractivity contribution in [3.63, 3.8) is 0 Å². The summed E-state index contributed by atoms with van der Waals surface area (Å²) in [5.74, 6) is 8.52. The number of aliphatic hydroxyl groups is 1. The Bertz CT molecular complexity index is 220. The first-order chi connectivity index (χ1) is 7.02. The monoisotopic (exact) mass is 218 g/mol. The van der Waals surface area contributed by atoms with Crippen molar-refractivity contribution in [3.05, 3.63) is 0 Å². The number of hydrogen-bond donors (Lipinski definition) is 5. The summed E-state index contributed by atoms with van der Waals surface area (Å²) < 4.78 is 0. The number of amides is 2. The second-order valence-electron chi connectivity index (χ2n) is 3.32. The summed E-state index contributed by atoms with van der Waals surface area (Å²) in [6.07, 6.45) is 0.270. The number of carbonyl (C=O) groups excluding carboxylic acids is 2. The van der Waals surface area contributed by atoms with Crippen LogP contribution >= 0.6 is 0 Å². The molecule has 7 heteroatoms. The topological polar surface area (TPSA) is 130 Å². The number of carbonyl (C=O) groups is 2. The summed E-state index contributed by atoms with van der Waals surface area (Å²) in [6.45, 7) is 1.50. The Morgan fingerprint density at radius 1 is 1.33 bits per heavy atom. The molecule has 15 heavy (non-hydrogen) atoms. The van der Waals surface area contributed by atoms with E-state index in [0.29, 0.717) is 12.8 Å². The van der Waals surface area contributed by atoms with Gasteiger partial charge in [0.25, 0.3) is 0 Å². The summed E-state index contributed by atoms with van der Waals surface area (Å²) in [5, 5.41) is 9.29. The van der Waals surface area contributed by atoms with Gasteiger partial charge in [-0.3, -0.25) is 20.4 Å². The predicted octanol–water partition coefficient (Wildman–Crippen LogP) is -1.87. The Hall–Kier alpha value is -1.18. The average molecular weight is 218 g/mol. The van der Waals surface area contributed by atoms with E-state index in [1.807, 2.05) is 10.9 Å². The van der Waals surface area contributed by atoms with Gasteiger partial charge in [-0.1, -0.05) is 0 Å². The molecule has 7 N–H and O–H groups in total. The van der Waals surface area contributed by atoms with Gasteiger partial charge in [0.05, 0.1) is 12.0 Å². The maximum atomic E-state index is 11.2. The minimum Gasteiger partial charge on any atom is -0.393 e. The minimum absolute atomic E-state index is 0.220. The molecule has 2 atom stereocenters. The van der Waals surface area contributed by atoms with Crippen LogP contribution in [0.25, 0.3) is 0 Å². The lowest BCUT2D eigenvalue weighted by atomic mass is 9.96. The molecule has 0 aromatic rings. The van der Waals surface area contributed by atoms with Crippen molar-refractivity contribution < 1.29 is 14.7 Å². The maximum Gasteiger partial charge on any atom is 0.239 e. The molecule has 2 amide bonds. The van der Waals surface area contributed by atoms with Crippen LogP contribution in [0, 0.1) is 5.92 Å². The zero-order valence-electron chi connectivity index (χ0n) is 8.69. The number of nitrogens with two attached hydrogens (primary N) is 2. The van der Waals surface area contributed by atoms with E-state index >= 15 is 0 Å². The van der Waals surface area contributed by atoms with E-state index in [1.165, 1.54) is 6.92 Å². The first-order valence-electron chi connectivity index (χ1n) is 4.70. The van der Waals surface area contributed by atoms with E-state index in [1.54, 1.807) is 0 Å². The number of hydrogen-bond acceptors (Lipinski definition) is 5. The van der Waals surface area contributed by atoms with Crippen molar-refractivity contribution in [2.45, 2.75) is 32.3 Å². The van der Waals surface area contributed by atoms with Gasteiger partial charge in [-0.2, -0.15) is 0 Å². The minimum atomic E-state index is -0.797. The molecule has 0 spiro atoms. The van der Waals surface area contributed by atoms with Crippen LogP contribution in [0.5, 0.6) is 0 Å². The van der Waals surface area contributed by atoms with E-state index in [-0.39, 0.29) is 12.3 Å². The lowest BCUT2D eigenvalue weighted by Crippen LogP contribution is -2.40. The molecule has 88 valence electrons. The van der Waals surface area contributed by atoms with Crippen molar-refractivity contribution in [3.8, 4) is 0 Å². The van der Waals surface area contributed by atoms with Gasteiger partial charge in [0.2, 0.25) is 11.8 Å². The molecular formula is C8H18N4O3. The first kappa shape index (κ1) is 13.8. The molecule has 0 aliphatic heterocycles. The van der Waals surface area contributed by atoms with E-state index in [4.69, 9.17) is 11.7 Å². The number of aliphatic hydroxyl groups excluding tert-OH is 1. The molecule has 0 rings (SSSR count). The van der Waals surface area contributed by atoms with E-state index < -0.39 is 17.9 Å². The molecule has 0 fully saturated rings. The van der Waals surface area contributed by atoms with Gasteiger partial charge in [-0.05, 0) is 19.8 Å². The highest BCUT2D eigenvalue weighted by molar-refractivity contribution is 5.78. The van der Waals surface area contributed by atoms with Crippen LogP contribution in [-0.4, -0.2) is 23.0 Å². The van der Waals surface area contributed by atoms with Crippen LogP contribution in [0.15, 0.2) is 0 Å². The molecule has 0 bridgehead atoms. The summed E-state index contributed by atoms with van der Waals surface area (Å²) in [4.78, 5) is 22.0. The molecule has 0 saturated heterocycles. The lowest BCUT2D eigenvalue weighted by molar-refractivity contribution is -0.129. The predicted molar refractivity (Wildman–Crippen MR) is 53.7 cm³/mol. The summed E-state index contributed by atoms with van der Waals surface area (Å²) in [6, 6.07) is 0. The molecule has 0 heterocycles. The fraction of sp³-hybridized carbons (Fsp3) is 0.750. The highest BCUT2D eigenvalue weighted by Crippen LogP contribution is 2.13. The molecule has 7 nitrogen and oxygen atoms in total. The molecule has 0 saturated carbocycles. The van der Waals surface area contributed by atoms with Crippen LogP contribution in [0.4, 0.5) is 0 Å². The summed E-state index contributed by atoms with van der Waals surface area (Å²) >= 11 is 0. The average Bonchev–Trinajstić information content (AvgIpc) is 2.22. The third kappa shape index (κ3) is 5.31. The third-order valence-electron chi connectivity index (χ3n) is 2.14. The van der Waals surface area contributed by atoms with Crippen molar-refractivity contribution in [2.75, 3.05) is 0 Å². The van der Waals surface area contributed by atoms with Crippen molar-refractivity contribution in [1.29, 1.82) is 0 Å². The second kappa shape index (κ2) is 7.16. The van der Waals surface area contributed by atoms with Crippen LogP contribution in [-0.2, 0) is 9.59 Å². The lowest BCUT2D eigenvalue weighted by Gasteiger charge is -2.17. The number of rotatable bonds is 6. The zero-order valence-corrected chi connectivity index (χ0v) is 8.69. The van der Waals surface area contributed by atoms with Gasteiger partial charge >= 0.3 is 0 Å². The smallest absolute Gasteiger partial charge is 0.239 e. The van der Waals surface area contributed by atoms with Crippen LogP contribution in [0.3, 0.4) is 0 Å². The quantitative estimate of drug-likeness (QED) is 0.202. The van der Waals surface area contributed by atoms with E-state index in [9.17, 15) is 14.7 Å². The molecule has 0 aromatic heterocycles. The van der Waals surface area contributed by atoms with Crippen LogP contribution < -0.4 is 22.5 Å². The molecule has 0 aliphatic carbocycles. The molecular weight excluding hydrogens is 200 g/mol. The molecule has 0 aliphatic rings. The molecule has 0 radical (unpaired) electrons. The second-order valence-corrected chi connectivity index (χ2v) is 3.32. The SMILES string of the molecule is CC(O)C(CCCC(=O)NN)C(=O)NN. The Morgan fingerprint density at radius 3 is 2.33 bits per heavy atom. The first-order valence-corrected chi connectivity index (χ1v) is 4.70. The number of nitrogens with one attached hydrogen (secondary N) is 2. The fourth-order valence-corrected chi connectivity index (χ4v) is 1.25. The fourth-order valence-electron chi connectivity index (χ4n) is 1.25. The zero-order chi connectivity index (χ0) is 11.8. The summed E-state index contributed by atoms with van der Waals surface area (Å²) in [7, 11) is 0. The van der Waals surface area contributed by atoms with Gasteiger partial charge in [0, 0.05) is 6.42 Å². The highest BCUT2D eigenvalue weighted by Gasteiger charge is 2.22. The van der Waals surface area contributed by atoms with Gasteiger partial charge in [0.1, 0.15) is 0 Å². The van der Waals surface area contributed by atoms with Gasteiger partial charge in [-0.25, -0.2) is 11.7 Å². The largest absolute Gasteiger partial charge is 0.393 e. The van der Waals surface area contributed by atoms with E-state index in [2.05, 4.69) is 0 Å². The third-order valence-corrected chi connectivity index (χ3v) is 2.14. The van der Waals surface area contributed by atoms with Crippen molar-refractivity contribution in [2.24, 2.45) is 17.6 Å². The molecule has 0 aromatic carbocycles. The standard InChI is InChI=1S/C8H18N4O3/c1-5(13)6(8(15)12-10)3-2-4-7(14)11-9/h5-6,13H,2-4,9-10H2,1H3,(H,11,14)(H,12,15). The van der Waals surface area contributed by atoms with Gasteiger partial charge in [0.15, 0.2) is 0 Å². The Labute approximate surface area is 88.1 Å². The number of hydrazine groups is 2. The maximum absolute atomic E-state index is 11.2. The Kier molecular flexibility index (Phi) is 6.59. The van der Waals surface area contributed by atoms with Gasteiger partial charge < -0.3 is 5.11 Å². The highest BCUT2D eigenvalue weighted by atomic mass is 16.3. The Balaban J connectivity index is 3.97. The Morgan fingerprint density at radius 2 is 1.93 bits per heavy atom. The normalized spacial score (nSPS) is 14.1. The van der Waals surface area contributed by atoms with Crippen molar-refractivity contribution in [1.82, 2.24) is 10.9 Å². The van der Waals surface area contributed by atoms with Gasteiger partial charge in [-0.15, -0.1) is 0 Å². The van der Waals surface area contributed by atoms with Crippen molar-refractivity contribution >= 4 is 11.8 Å². The van der Waals surface area contributed by atoms with Crippen LogP contribution in [0.1, 0.15) is 26.2 Å². The molecule has 2 unspecified atom stereocenters. The van der Waals surface area contributed by atoms with Crippen LogP contribution in [0.2, 0.25) is 0 Å². The van der Waals surface area contributed by atoms with E-state index in [0.717, 1.165) is 0 Å².